The SMILES string of the molecule is c1ccc(-c2cc(-c3ccccc3)nc(-c3ccc(-c4ccc(-c5ncc6c(n5)C5(c7ccccc7-c7ccccc75)c5ccccc5-6)c5ccccc45)cc3)n2)cc1. The summed E-state index contributed by atoms with van der Waals surface area (Å²) in [6.07, 6.45) is 2.05. The summed E-state index contributed by atoms with van der Waals surface area (Å²) in [5.74, 6) is 1.42. The molecule has 0 radical (unpaired) electrons. The Bertz CT molecular complexity index is 3140. The third-order valence-corrected chi connectivity index (χ3v) is 12.2. The largest absolute Gasteiger partial charge is 0.236 e. The van der Waals surface area contributed by atoms with Crippen molar-refractivity contribution in [2.45, 2.75) is 5.41 Å². The average Bonchev–Trinajstić information content (AvgIpc) is 3.79. The van der Waals surface area contributed by atoms with Crippen LogP contribution >= 0.6 is 0 Å². The second-order valence-electron chi connectivity index (χ2n) is 15.3. The first kappa shape index (κ1) is 33.3. The highest BCUT2D eigenvalue weighted by Gasteiger charge is 2.53. The minimum Gasteiger partial charge on any atom is -0.236 e. The molecular weight excluding hydrogens is 717 g/mol. The Hall–Kier alpha value is -7.82. The molecule has 12 rings (SSSR count). The molecule has 2 aromatic heterocycles. The van der Waals surface area contributed by atoms with E-state index in [0.29, 0.717) is 5.82 Å². The highest BCUT2D eigenvalue weighted by molar-refractivity contribution is 6.04. The number of nitrogens with zero attached hydrogens (tertiary/aromatic N) is 4. The quantitative estimate of drug-likeness (QED) is 0.176. The Balaban J connectivity index is 0.968. The van der Waals surface area contributed by atoms with Crippen LogP contribution in [0, 0.1) is 0 Å². The molecular formula is C55H34N4. The summed E-state index contributed by atoms with van der Waals surface area (Å²) < 4.78 is 0. The monoisotopic (exact) mass is 750 g/mol. The summed E-state index contributed by atoms with van der Waals surface area (Å²) in [6, 6.07) is 70.8. The Morgan fingerprint density at radius 2 is 0.763 bits per heavy atom. The zero-order valence-electron chi connectivity index (χ0n) is 31.9. The van der Waals surface area contributed by atoms with Gasteiger partial charge < -0.3 is 0 Å². The fourth-order valence-corrected chi connectivity index (χ4v) is 9.58. The van der Waals surface area contributed by atoms with Crippen LogP contribution in [-0.4, -0.2) is 19.9 Å². The van der Waals surface area contributed by atoms with Gasteiger partial charge in [-0.05, 0) is 67.4 Å². The molecule has 2 aliphatic rings. The third kappa shape index (κ3) is 5.03. The number of fused-ring (bicyclic) bond motifs is 11. The van der Waals surface area contributed by atoms with Crippen LogP contribution in [-0.2, 0) is 5.41 Å². The lowest BCUT2D eigenvalue weighted by atomic mass is 9.72. The van der Waals surface area contributed by atoms with Gasteiger partial charge in [-0.3, -0.25) is 0 Å². The van der Waals surface area contributed by atoms with Gasteiger partial charge in [-0.25, -0.2) is 19.9 Å². The maximum Gasteiger partial charge on any atom is 0.160 e. The van der Waals surface area contributed by atoms with E-state index < -0.39 is 5.41 Å². The first-order chi connectivity index (χ1) is 29.3. The summed E-state index contributed by atoms with van der Waals surface area (Å²) in [5.41, 5.74) is 17.2. The maximum atomic E-state index is 5.60. The standard InChI is InChI=1S/C55H34N4/c1-3-15-36(16-4-1)50-33-51(37-17-5-2-6-18-37)58-53(57-50)38-29-27-35(28-30-38)39-31-32-45(41-20-8-7-19-40(39)41)54-56-34-46-44-23-11-14-26-49(44)55(52(46)59-54)47-24-12-9-21-42(47)43-22-10-13-25-48(43)55/h1-34H. The number of rotatable bonds is 5. The van der Waals surface area contributed by atoms with E-state index in [-0.39, 0.29) is 0 Å². The van der Waals surface area contributed by atoms with Crippen LogP contribution in [0.5, 0.6) is 0 Å². The van der Waals surface area contributed by atoms with Crippen molar-refractivity contribution < 1.29 is 0 Å². The van der Waals surface area contributed by atoms with Crippen LogP contribution in [0.3, 0.4) is 0 Å². The van der Waals surface area contributed by atoms with Gasteiger partial charge in [-0.1, -0.05) is 188 Å². The molecule has 4 heteroatoms. The molecule has 59 heavy (non-hydrogen) atoms. The number of hydrogen-bond donors (Lipinski definition) is 0. The van der Waals surface area contributed by atoms with Crippen molar-refractivity contribution in [3.63, 3.8) is 0 Å². The summed E-state index contributed by atoms with van der Waals surface area (Å²) in [5, 5.41) is 2.25. The predicted octanol–water partition coefficient (Wildman–Crippen LogP) is 13.1. The minimum atomic E-state index is -0.527. The van der Waals surface area contributed by atoms with Crippen LogP contribution < -0.4 is 0 Å². The summed E-state index contributed by atoms with van der Waals surface area (Å²) in [4.78, 5) is 20.8. The Labute approximate surface area is 342 Å². The van der Waals surface area contributed by atoms with E-state index in [0.717, 1.165) is 72.6 Å². The highest BCUT2D eigenvalue weighted by atomic mass is 14.9. The van der Waals surface area contributed by atoms with Gasteiger partial charge in [0.1, 0.15) is 0 Å². The average molecular weight is 751 g/mol. The van der Waals surface area contributed by atoms with E-state index in [1.807, 2.05) is 42.6 Å². The van der Waals surface area contributed by atoms with Gasteiger partial charge in [-0.15, -0.1) is 0 Å². The van der Waals surface area contributed by atoms with Crippen molar-refractivity contribution in [2.24, 2.45) is 0 Å². The molecule has 0 saturated heterocycles. The number of aromatic nitrogens is 4. The topological polar surface area (TPSA) is 51.6 Å². The summed E-state index contributed by atoms with van der Waals surface area (Å²) in [6.45, 7) is 0. The maximum absolute atomic E-state index is 5.60. The lowest BCUT2D eigenvalue weighted by molar-refractivity contribution is 0.758. The fourth-order valence-electron chi connectivity index (χ4n) is 9.58. The molecule has 2 heterocycles. The lowest BCUT2D eigenvalue weighted by Crippen LogP contribution is -2.27. The van der Waals surface area contributed by atoms with Gasteiger partial charge in [0.25, 0.3) is 0 Å². The first-order valence-electron chi connectivity index (χ1n) is 20.1. The van der Waals surface area contributed by atoms with E-state index in [4.69, 9.17) is 19.9 Å². The first-order valence-corrected chi connectivity index (χ1v) is 20.1. The van der Waals surface area contributed by atoms with Crippen molar-refractivity contribution in [1.29, 1.82) is 0 Å². The molecule has 1 spiro atoms. The molecule has 10 aromatic rings. The van der Waals surface area contributed by atoms with Gasteiger partial charge in [0.2, 0.25) is 0 Å². The van der Waals surface area contributed by atoms with Crippen molar-refractivity contribution in [3.05, 3.63) is 229 Å². The zero-order valence-corrected chi connectivity index (χ0v) is 31.9. The molecule has 0 aliphatic heterocycles. The van der Waals surface area contributed by atoms with Crippen LogP contribution in [0.25, 0.3) is 89.4 Å². The minimum absolute atomic E-state index is 0.527. The van der Waals surface area contributed by atoms with E-state index in [1.54, 1.807) is 0 Å². The third-order valence-electron chi connectivity index (χ3n) is 12.2. The lowest BCUT2D eigenvalue weighted by Gasteiger charge is -2.29. The van der Waals surface area contributed by atoms with Crippen molar-refractivity contribution in [1.82, 2.24) is 19.9 Å². The number of benzene rings is 8. The normalized spacial score (nSPS) is 12.9. The van der Waals surface area contributed by atoms with Crippen LogP contribution in [0.4, 0.5) is 0 Å². The highest BCUT2D eigenvalue weighted by Crippen LogP contribution is 2.62. The van der Waals surface area contributed by atoms with Crippen molar-refractivity contribution >= 4 is 10.8 Å². The van der Waals surface area contributed by atoms with Crippen LogP contribution in [0.2, 0.25) is 0 Å². The molecule has 8 aromatic carbocycles. The molecule has 0 saturated carbocycles. The van der Waals surface area contributed by atoms with Gasteiger partial charge in [0, 0.05) is 34.0 Å². The second-order valence-corrected chi connectivity index (χ2v) is 15.3. The molecule has 0 unspecified atom stereocenters. The van der Waals surface area contributed by atoms with Crippen molar-refractivity contribution in [2.75, 3.05) is 0 Å². The molecule has 4 nitrogen and oxygen atoms in total. The number of hydrogen-bond acceptors (Lipinski definition) is 4. The molecule has 274 valence electrons. The van der Waals surface area contributed by atoms with Gasteiger partial charge in [0.15, 0.2) is 11.6 Å². The Morgan fingerprint density at radius 3 is 1.34 bits per heavy atom. The van der Waals surface area contributed by atoms with Gasteiger partial charge >= 0.3 is 0 Å². The second kappa shape index (κ2) is 13.1. The summed E-state index contributed by atoms with van der Waals surface area (Å²) >= 11 is 0. The Kier molecular flexibility index (Phi) is 7.41. The van der Waals surface area contributed by atoms with Gasteiger partial charge in [0.05, 0.1) is 22.5 Å². The van der Waals surface area contributed by atoms with E-state index in [1.165, 1.54) is 33.4 Å². The predicted molar refractivity (Wildman–Crippen MR) is 239 cm³/mol. The van der Waals surface area contributed by atoms with Crippen molar-refractivity contribution in [3.8, 4) is 78.7 Å². The van der Waals surface area contributed by atoms with Crippen LogP contribution in [0.15, 0.2) is 206 Å². The van der Waals surface area contributed by atoms with E-state index >= 15 is 0 Å². The Morgan fingerprint density at radius 1 is 0.305 bits per heavy atom. The molecule has 0 amide bonds. The molecule has 0 bridgehead atoms. The van der Waals surface area contributed by atoms with Crippen LogP contribution in [0.1, 0.15) is 22.4 Å². The molecule has 0 N–H and O–H groups in total. The fraction of sp³-hybridized carbons (Fsp3) is 0.0182. The zero-order chi connectivity index (χ0) is 38.9. The van der Waals surface area contributed by atoms with Gasteiger partial charge in [-0.2, -0.15) is 0 Å². The summed E-state index contributed by atoms with van der Waals surface area (Å²) in [7, 11) is 0. The molecule has 0 atom stereocenters. The van der Waals surface area contributed by atoms with E-state index in [9.17, 15) is 0 Å². The van der Waals surface area contributed by atoms with E-state index in [2.05, 4.69) is 164 Å². The smallest absolute Gasteiger partial charge is 0.160 e. The molecule has 0 fully saturated rings. The molecule has 2 aliphatic carbocycles.